The zero-order valence-electron chi connectivity index (χ0n) is 18.4. The molecule has 1 unspecified atom stereocenters. The second-order valence-electron chi connectivity index (χ2n) is 8.31. The zero-order chi connectivity index (χ0) is 22.6. The maximum absolute atomic E-state index is 12.5. The monoisotopic (exact) mass is 435 g/mol. The molecule has 3 heterocycles. The molecule has 3 aromatic heterocycles. The minimum atomic E-state index is -0.226. The van der Waals surface area contributed by atoms with Gasteiger partial charge in [-0.1, -0.05) is 36.4 Å². The lowest BCUT2D eigenvalue weighted by molar-refractivity contribution is 0.545. The molecule has 6 heteroatoms. The molecule has 0 saturated heterocycles. The highest BCUT2D eigenvalue weighted by Crippen LogP contribution is 2.25. The van der Waals surface area contributed by atoms with Crippen LogP contribution in [0.1, 0.15) is 18.1 Å². The molecule has 0 saturated carbocycles. The minimum Gasteiger partial charge on any atom is -0.354 e. The molecule has 0 radical (unpaired) electrons. The van der Waals surface area contributed by atoms with Crippen LogP contribution in [0, 0.1) is 0 Å². The van der Waals surface area contributed by atoms with Crippen molar-refractivity contribution in [2.45, 2.75) is 25.9 Å². The first kappa shape index (κ1) is 20.8. The van der Waals surface area contributed by atoms with E-state index in [1.165, 1.54) is 11.1 Å². The Bertz CT molecular complexity index is 1420. The standard InChI is InChI=1S/C27H25N5O/c1-18(13-19-5-3-2-4-6-19)29-17-20-7-8-24-22(14-20)15-26(30-24)23-16-25(31-32-27(23)33)21-9-11-28-12-10-21/h2-12,14-16,18,29-30H,13,17H2,1H3,(H,32,33). The summed E-state index contributed by atoms with van der Waals surface area (Å²) in [5.74, 6) is 0. The van der Waals surface area contributed by atoms with Crippen molar-refractivity contribution in [3.05, 3.63) is 107 Å². The van der Waals surface area contributed by atoms with Crippen LogP contribution in [-0.2, 0) is 13.0 Å². The van der Waals surface area contributed by atoms with E-state index >= 15 is 0 Å². The van der Waals surface area contributed by atoms with Gasteiger partial charge in [-0.15, -0.1) is 0 Å². The van der Waals surface area contributed by atoms with Crippen molar-refractivity contribution in [2.75, 3.05) is 0 Å². The van der Waals surface area contributed by atoms with Crippen molar-refractivity contribution >= 4 is 10.9 Å². The minimum absolute atomic E-state index is 0.226. The van der Waals surface area contributed by atoms with Crippen LogP contribution in [0.15, 0.2) is 90.0 Å². The molecule has 2 aromatic carbocycles. The molecule has 1 atom stereocenters. The van der Waals surface area contributed by atoms with Gasteiger partial charge in [0.25, 0.3) is 5.56 Å². The van der Waals surface area contributed by atoms with Crippen LogP contribution < -0.4 is 10.9 Å². The van der Waals surface area contributed by atoms with E-state index < -0.39 is 0 Å². The number of aromatic amines is 2. The Morgan fingerprint density at radius 2 is 1.76 bits per heavy atom. The summed E-state index contributed by atoms with van der Waals surface area (Å²) in [5.41, 5.74) is 6.23. The molecule has 33 heavy (non-hydrogen) atoms. The normalized spacial score (nSPS) is 12.2. The summed E-state index contributed by atoms with van der Waals surface area (Å²) in [4.78, 5) is 19.9. The molecule has 0 aliphatic carbocycles. The van der Waals surface area contributed by atoms with Crippen LogP contribution in [-0.4, -0.2) is 26.2 Å². The molecule has 0 aliphatic rings. The van der Waals surface area contributed by atoms with Gasteiger partial charge in [0.1, 0.15) is 0 Å². The van der Waals surface area contributed by atoms with Crippen LogP contribution >= 0.6 is 0 Å². The summed E-state index contributed by atoms with van der Waals surface area (Å²) in [6, 6.07) is 24.8. The molecule has 5 aromatic rings. The van der Waals surface area contributed by atoms with E-state index in [2.05, 4.69) is 74.9 Å². The van der Waals surface area contributed by atoms with Crippen LogP contribution in [0.5, 0.6) is 0 Å². The third-order valence-corrected chi connectivity index (χ3v) is 5.79. The highest BCUT2D eigenvalue weighted by atomic mass is 16.1. The van der Waals surface area contributed by atoms with Crippen molar-refractivity contribution in [2.24, 2.45) is 0 Å². The fourth-order valence-corrected chi connectivity index (χ4v) is 4.05. The average molecular weight is 436 g/mol. The molecule has 0 fully saturated rings. The topological polar surface area (TPSA) is 86.5 Å². The highest BCUT2D eigenvalue weighted by Gasteiger charge is 2.11. The van der Waals surface area contributed by atoms with Crippen LogP contribution in [0.3, 0.4) is 0 Å². The second kappa shape index (κ2) is 9.22. The number of hydrogen-bond acceptors (Lipinski definition) is 4. The maximum Gasteiger partial charge on any atom is 0.273 e. The van der Waals surface area contributed by atoms with Gasteiger partial charge in [0.2, 0.25) is 0 Å². The van der Waals surface area contributed by atoms with Gasteiger partial charge in [0.05, 0.1) is 17.0 Å². The van der Waals surface area contributed by atoms with E-state index in [0.717, 1.165) is 35.1 Å². The van der Waals surface area contributed by atoms with Crippen molar-refractivity contribution < 1.29 is 0 Å². The van der Waals surface area contributed by atoms with Gasteiger partial charge in [-0.25, -0.2) is 5.10 Å². The number of benzene rings is 2. The molecular weight excluding hydrogens is 410 g/mol. The van der Waals surface area contributed by atoms with Gasteiger partial charge in [-0.2, -0.15) is 5.10 Å². The Balaban J connectivity index is 1.35. The van der Waals surface area contributed by atoms with E-state index in [4.69, 9.17) is 0 Å². The van der Waals surface area contributed by atoms with Crippen LogP contribution in [0.4, 0.5) is 0 Å². The third-order valence-electron chi connectivity index (χ3n) is 5.79. The molecular formula is C27H25N5O. The first-order chi connectivity index (χ1) is 16.2. The summed E-state index contributed by atoms with van der Waals surface area (Å²) in [6.07, 6.45) is 4.41. The predicted molar refractivity (Wildman–Crippen MR) is 132 cm³/mol. The molecule has 6 nitrogen and oxygen atoms in total. The zero-order valence-corrected chi connectivity index (χ0v) is 18.4. The maximum atomic E-state index is 12.5. The number of rotatable bonds is 7. The molecule has 0 bridgehead atoms. The van der Waals surface area contributed by atoms with E-state index in [-0.39, 0.29) is 5.56 Å². The summed E-state index contributed by atoms with van der Waals surface area (Å²) >= 11 is 0. The lowest BCUT2D eigenvalue weighted by Gasteiger charge is -2.14. The Morgan fingerprint density at radius 1 is 0.939 bits per heavy atom. The molecule has 5 rings (SSSR count). The number of nitrogens with one attached hydrogen (secondary N) is 3. The van der Waals surface area contributed by atoms with Gasteiger partial charge in [0.15, 0.2) is 0 Å². The van der Waals surface area contributed by atoms with Gasteiger partial charge in [-0.05, 0) is 60.9 Å². The van der Waals surface area contributed by atoms with E-state index in [0.29, 0.717) is 17.3 Å². The number of nitrogens with zero attached hydrogens (tertiary/aromatic N) is 2. The Morgan fingerprint density at radius 3 is 2.58 bits per heavy atom. The van der Waals surface area contributed by atoms with E-state index in [1.807, 2.05) is 30.3 Å². The fourth-order valence-electron chi connectivity index (χ4n) is 4.05. The Kier molecular flexibility index (Phi) is 5.83. The smallest absolute Gasteiger partial charge is 0.273 e. The quantitative estimate of drug-likeness (QED) is 0.346. The number of aromatic nitrogens is 4. The van der Waals surface area contributed by atoms with E-state index in [1.54, 1.807) is 12.4 Å². The van der Waals surface area contributed by atoms with Gasteiger partial charge >= 0.3 is 0 Å². The van der Waals surface area contributed by atoms with Crippen molar-refractivity contribution in [1.29, 1.82) is 0 Å². The van der Waals surface area contributed by atoms with Crippen LogP contribution in [0.2, 0.25) is 0 Å². The van der Waals surface area contributed by atoms with Crippen molar-refractivity contribution in [3.63, 3.8) is 0 Å². The molecule has 164 valence electrons. The largest absolute Gasteiger partial charge is 0.354 e. The molecule has 0 aliphatic heterocycles. The molecule has 0 amide bonds. The molecule has 3 N–H and O–H groups in total. The second-order valence-corrected chi connectivity index (χ2v) is 8.31. The number of hydrogen-bond donors (Lipinski definition) is 3. The van der Waals surface area contributed by atoms with Gasteiger partial charge < -0.3 is 10.3 Å². The average Bonchev–Trinajstić information content (AvgIpc) is 3.27. The third kappa shape index (κ3) is 4.76. The van der Waals surface area contributed by atoms with Crippen molar-refractivity contribution in [1.82, 2.24) is 25.5 Å². The van der Waals surface area contributed by atoms with E-state index in [9.17, 15) is 4.79 Å². The van der Waals surface area contributed by atoms with Crippen molar-refractivity contribution in [3.8, 4) is 22.5 Å². The lowest BCUT2D eigenvalue weighted by Crippen LogP contribution is -2.27. The summed E-state index contributed by atoms with van der Waals surface area (Å²) in [5, 5.41) is 11.5. The lowest BCUT2D eigenvalue weighted by atomic mass is 10.1. The first-order valence-corrected chi connectivity index (χ1v) is 11.1. The number of fused-ring (bicyclic) bond motifs is 1. The Labute approximate surface area is 191 Å². The highest BCUT2D eigenvalue weighted by molar-refractivity contribution is 5.86. The number of H-pyrrole nitrogens is 2. The summed E-state index contributed by atoms with van der Waals surface area (Å²) in [7, 11) is 0. The number of pyridine rings is 1. The summed E-state index contributed by atoms with van der Waals surface area (Å²) in [6.45, 7) is 2.99. The Hall–Kier alpha value is -4.03. The van der Waals surface area contributed by atoms with Gasteiger partial charge in [-0.3, -0.25) is 9.78 Å². The summed E-state index contributed by atoms with van der Waals surface area (Å²) < 4.78 is 0. The fraction of sp³-hybridized carbons (Fsp3) is 0.148. The first-order valence-electron chi connectivity index (χ1n) is 11.1. The van der Waals surface area contributed by atoms with Crippen LogP contribution in [0.25, 0.3) is 33.4 Å². The van der Waals surface area contributed by atoms with Gasteiger partial charge in [0, 0.05) is 41.4 Å². The molecule has 0 spiro atoms. The predicted octanol–water partition coefficient (Wildman–Crippen LogP) is 4.70. The SMILES string of the molecule is CC(Cc1ccccc1)NCc1ccc2[nH]c(-c3cc(-c4ccncc4)n[nH]c3=O)cc2c1.